The zero-order valence-corrected chi connectivity index (χ0v) is 13.6. The Balaban J connectivity index is 2.43. The minimum atomic E-state index is -0.0764. The van der Waals surface area contributed by atoms with Crippen molar-refractivity contribution in [1.82, 2.24) is 0 Å². The summed E-state index contributed by atoms with van der Waals surface area (Å²) in [6.07, 6.45) is 0. The van der Waals surface area contributed by atoms with E-state index >= 15 is 0 Å². The highest BCUT2D eigenvalue weighted by Gasteiger charge is 2.16. The van der Waals surface area contributed by atoms with Crippen LogP contribution in [0.15, 0.2) is 31.8 Å². The number of benzene rings is 1. The van der Waals surface area contributed by atoms with E-state index in [-0.39, 0.29) is 6.04 Å². The summed E-state index contributed by atoms with van der Waals surface area (Å²) in [7, 11) is 0. The molecule has 1 atom stereocenters. The third-order valence-electron chi connectivity index (χ3n) is 2.78. The van der Waals surface area contributed by atoms with Gasteiger partial charge in [0.25, 0.3) is 0 Å². The van der Waals surface area contributed by atoms with E-state index in [1.165, 1.54) is 16.7 Å². The highest BCUT2D eigenvalue weighted by Crippen LogP contribution is 2.37. The van der Waals surface area contributed by atoms with E-state index in [1.54, 1.807) is 11.3 Å². The lowest BCUT2D eigenvalue weighted by atomic mass is 9.96. The maximum absolute atomic E-state index is 6.34. The lowest BCUT2D eigenvalue weighted by Gasteiger charge is -2.15. The number of thiophene rings is 1. The van der Waals surface area contributed by atoms with Gasteiger partial charge in [0.15, 0.2) is 0 Å². The molecule has 0 bridgehead atoms. The van der Waals surface area contributed by atoms with Gasteiger partial charge in [-0.2, -0.15) is 0 Å². The normalized spacial score (nSPS) is 12.8. The smallest absolute Gasteiger partial charge is 0.0761 e. The average molecular weight is 375 g/mol. The highest BCUT2D eigenvalue weighted by atomic mass is 79.9. The van der Waals surface area contributed by atoms with Crippen molar-refractivity contribution < 1.29 is 0 Å². The third-order valence-corrected chi connectivity index (χ3v) is 5.16. The molecule has 1 aromatic heterocycles. The summed E-state index contributed by atoms with van der Waals surface area (Å²) in [5, 5.41) is 0. The molecular weight excluding hydrogens is 362 g/mol. The molecule has 0 spiro atoms. The van der Waals surface area contributed by atoms with E-state index in [9.17, 15) is 0 Å². The van der Waals surface area contributed by atoms with Crippen LogP contribution in [0.5, 0.6) is 0 Å². The molecule has 2 rings (SSSR count). The lowest BCUT2D eigenvalue weighted by molar-refractivity contribution is 0.861. The first-order valence-electron chi connectivity index (χ1n) is 5.26. The Hall–Kier alpha value is -0.160. The number of nitrogens with two attached hydrogens (primary N) is 1. The second-order valence-electron chi connectivity index (χ2n) is 4.12. The fourth-order valence-electron chi connectivity index (χ4n) is 1.91. The molecule has 17 heavy (non-hydrogen) atoms. The van der Waals surface area contributed by atoms with Crippen molar-refractivity contribution in [3.05, 3.63) is 54.1 Å². The molecule has 0 fully saturated rings. The summed E-state index contributed by atoms with van der Waals surface area (Å²) in [6, 6.07) is 8.40. The summed E-state index contributed by atoms with van der Waals surface area (Å²) in [5.41, 5.74) is 11.2. The summed E-state index contributed by atoms with van der Waals surface area (Å²) in [5.74, 6) is 0. The Morgan fingerprint density at radius 1 is 1.12 bits per heavy atom. The van der Waals surface area contributed by atoms with E-state index in [2.05, 4.69) is 70.0 Å². The summed E-state index contributed by atoms with van der Waals surface area (Å²) in [4.78, 5) is 0. The van der Waals surface area contributed by atoms with E-state index < -0.39 is 0 Å². The van der Waals surface area contributed by atoms with Crippen molar-refractivity contribution >= 4 is 43.2 Å². The van der Waals surface area contributed by atoms with Crippen molar-refractivity contribution in [2.45, 2.75) is 19.9 Å². The molecule has 1 heterocycles. The predicted octanol–water partition coefficient (Wildman–Crippen LogP) is 4.94. The van der Waals surface area contributed by atoms with Gasteiger partial charge in [-0.3, -0.25) is 0 Å². The Labute approximate surface area is 122 Å². The molecule has 4 heteroatoms. The van der Waals surface area contributed by atoms with E-state index in [1.807, 2.05) is 0 Å². The van der Waals surface area contributed by atoms with Gasteiger partial charge >= 0.3 is 0 Å². The first-order chi connectivity index (χ1) is 7.99. The van der Waals surface area contributed by atoms with Crippen LogP contribution < -0.4 is 5.73 Å². The lowest BCUT2D eigenvalue weighted by Crippen LogP contribution is -2.13. The van der Waals surface area contributed by atoms with Crippen LogP contribution >= 0.6 is 43.2 Å². The van der Waals surface area contributed by atoms with Gasteiger partial charge in [-0.25, -0.2) is 0 Å². The van der Waals surface area contributed by atoms with Crippen LogP contribution in [-0.4, -0.2) is 0 Å². The Kier molecular flexibility index (Phi) is 4.08. The van der Waals surface area contributed by atoms with Crippen LogP contribution in [0.1, 0.15) is 28.3 Å². The van der Waals surface area contributed by atoms with Crippen molar-refractivity contribution in [3.8, 4) is 0 Å². The molecule has 0 aliphatic rings. The predicted molar refractivity (Wildman–Crippen MR) is 81.7 cm³/mol. The summed E-state index contributed by atoms with van der Waals surface area (Å²) >= 11 is 8.70. The van der Waals surface area contributed by atoms with Crippen LogP contribution in [0.3, 0.4) is 0 Å². The van der Waals surface area contributed by atoms with Crippen LogP contribution in [-0.2, 0) is 0 Å². The first-order valence-corrected chi connectivity index (χ1v) is 7.66. The average Bonchev–Trinajstić information content (AvgIpc) is 2.57. The first kappa shape index (κ1) is 13.3. The third kappa shape index (κ3) is 2.81. The van der Waals surface area contributed by atoms with E-state index in [0.717, 1.165) is 13.1 Å². The fraction of sp³-hybridized carbons (Fsp3) is 0.231. The summed E-state index contributed by atoms with van der Waals surface area (Å²) < 4.78 is 2.19. The quantitative estimate of drug-likeness (QED) is 0.791. The molecule has 1 unspecified atom stereocenters. The van der Waals surface area contributed by atoms with Crippen molar-refractivity contribution in [3.63, 3.8) is 0 Å². The molecule has 1 nitrogen and oxygen atoms in total. The molecular formula is C13H13Br2NS. The number of rotatable bonds is 2. The van der Waals surface area contributed by atoms with Gasteiger partial charge in [-0.1, -0.05) is 23.8 Å². The molecule has 0 amide bonds. The summed E-state index contributed by atoms with van der Waals surface area (Å²) in [6.45, 7) is 4.21. The maximum atomic E-state index is 6.34. The van der Waals surface area contributed by atoms with Crippen LogP contribution in [0, 0.1) is 13.8 Å². The topological polar surface area (TPSA) is 26.0 Å². The second kappa shape index (κ2) is 5.22. The molecule has 0 saturated carbocycles. The molecule has 0 radical (unpaired) electrons. The van der Waals surface area contributed by atoms with Gasteiger partial charge in [0.1, 0.15) is 0 Å². The van der Waals surface area contributed by atoms with Crippen LogP contribution in [0.25, 0.3) is 0 Å². The second-order valence-corrected chi connectivity index (χ2v) is 7.87. The van der Waals surface area contributed by atoms with Gasteiger partial charge in [-0.15, -0.1) is 11.3 Å². The van der Waals surface area contributed by atoms with Gasteiger partial charge in [-0.05, 0) is 68.5 Å². The minimum Gasteiger partial charge on any atom is -0.320 e. The zero-order chi connectivity index (χ0) is 12.6. The van der Waals surface area contributed by atoms with Crippen molar-refractivity contribution in [2.24, 2.45) is 5.73 Å². The standard InChI is InChI=1S/C13H13Br2NS/c1-7-3-4-9(8(2)5-7)12(16)10-6-11(14)17-13(10)15/h3-6,12H,16H2,1-2H3. The molecule has 2 N–H and O–H groups in total. The largest absolute Gasteiger partial charge is 0.320 e. The minimum absolute atomic E-state index is 0.0764. The molecule has 0 aliphatic carbocycles. The monoisotopic (exact) mass is 373 g/mol. The van der Waals surface area contributed by atoms with Crippen LogP contribution in [0.2, 0.25) is 0 Å². The Bertz CT molecular complexity index is 548. The number of aryl methyl sites for hydroxylation is 2. The number of hydrogen-bond donors (Lipinski definition) is 1. The van der Waals surface area contributed by atoms with Gasteiger partial charge in [0.05, 0.1) is 13.6 Å². The fourth-order valence-corrected chi connectivity index (χ4v) is 4.84. The van der Waals surface area contributed by atoms with Crippen LogP contribution in [0.4, 0.5) is 0 Å². The van der Waals surface area contributed by atoms with Crippen molar-refractivity contribution in [2.75, 3.05) is 0 Å². The van der Waals surface area contributed by atoms with Gasteiger partial charge in [0, 0.05) is 0 Å². The molecule has 0 saturated heterocycles. The molecule has 2 aromatic rings. The number of halogens is 2. The Morgan fingerprint density at radius 2 is 1.82 bits per heavy atom. The SMILES string of the molecule is Cc1ccc(C(N)c2cc(Br)sc2Br)c(C)c1. The molecule has 1 aromatic carbocycles. The maximum Gasteiger partial charge on any atom is 0.0761 e. The van der Waals surface area contributed by atoms with Gasteiger partial charge in [0.2, 0.25) is 0 Å². The van der Waals surface area contributed by atoms with Gasteiger partial charge < -0.3 is 5.73 Å². The molecule has 90 valence electrons. The van der Waals surface area contributed by atoms with Crippen molar-refractivity contribution in [1.29, 1.82) is 0 Å². The number of hydrogen-bond acceptors (Lipinski definition) is 2. The molecule has 0 aliphatic heterocycles. The Morgan fingerprint density at radius 3 is 2.35 bits per heavy atom. The van der Waals surface area contributed by atoms with E-state index in [0.29, 0.717) is 0 Å². The zero-order valence-electron chi connectivity index (χ0n) is 9.63. The van der Waals surface area contributed by atoms with E-state index in [4.69, 9.17) is 5.73 Å². The highest BCUT2D eigenvalue weighted by molar-refractivity contribution is 9.12.